The lowest BCUT2D eigenvalue weighted by molar-refractivity contribution is 0.654. The minimum atomic E-state index is 0.593. The summed E-state index contributed by atoms with van der Waals surface area (Å²) in [5.74, 6) is 0.646. The summed E-state index contributed by atoms with van der Waals surface area (Å²) in [5, 5.41) is 4.25. The molecule has 8 aromatic rings. The Morgan fingerprint density at radius 2 is 0.951 bits per heavy atom. The van der Waals surface area contributed by atoms with Gasteiger partial charge in [-0.1, -0.05) is 121 Å². The van der Waals surface area contributed by atoms with Crippen LogP contribution in [0.3, 0.4) is 0 Å². The second-order valence-corrected chi connectivity index (χ2v) is 10.3. The van der Waals surface area contributed by atoms with E-state index in [1.165, 1.54) is 11.1 Å². The van der Waals surface area contributed by atoms with E-state index in [1.807, 2.05) is 42.5 Å². The highest BCUT2D eigenvalue weighted by atomic mass is 16.3. The van der Waals surface area contributed by atoms with Gasteiger partial charge in [0.1, 0.15) is 5.58 Å². The predicted molar refractivity (Wildman–Crippen MR) is 169 cm³/mol. The minimum absolute atomic E-state index is 0.593. The molecule has 0 atom stereocenters. The number of aromatic nitrogens is 2. The third-order valence-corrected chi connectivity index (χ3v) is 7.67. The molecule has 8 rings (SSSR count). The lowest BCUT2D eigenvalue weighted by atomic mass is 9.96. The Balaban J connectivity index is 1.35. The van der Waals surface area contributed by atoms with Gasteiger partial charge >= 0.3 is 0 Å². The van der Waals surface area contributed by atoms with Crippen molar-refractivity contribution in [3.63, 3.8) is 0 Å². The topological polar surface area (TPSA) is 38.9 Å². The van der Waals surface area contributed by atoms with Crippen LogP contribution >= 0.6 is 0 Å². The Morgan fingerprint density at radius 1 is 0.415 bits per heavy atom. The monoisotopic (exact) mass is 524 g/mol. The number of hydrogen-bond donors (Lipinski definition) is 0. The average molecular weight is 525 g/mol. The van der Waals surface area contributed by atoms with E-state index in [0.717, 1.165) is 55.1 Å². The smallest absolute Gasteiger partial charge is 0.231 e. The molecule has 0 aliphatic rings. The Hall–Kier alpha value is -5.54. The zero-order valence-corrected chi connectivity index (χ0v) is 22.2. The summed E-state index contributed by atoms with van der Waals surface area (Å²) in [5.41, 5.74) is 8.92. The van der Waals surface area contributed by atoms with Gasteiger partial charge in [-0.05, 0) is 57.3 Å². The van der Waals surface area contributed by atoms with Crippen molar-refractivity contribution in [2.45, 2.75) is 0 Å². The molecule has 2 aromatic heterocycles. The molecular weight excluding hydrogens is 500 g/mol. The molecule has 0 spiro atoms. The van der Waals surface area contributed by atoms with Crippen LogP contribution in [0.5, 0.6) is 0 Å². The lowest BCUT2D eigenvalue weighted by Crippen LogP contribution is -1.94. The SMILES string of the molecule is c1ccc(-c2cccc(-c3cccc(-c4nc(-c5ccccc5)nc5oc6cc7ccccc7cc6c45)c3)c2)cc1. The van der Waals surface area contributed by atoms with Crippen LogP contribution in [0.2, 0.25) is 0 Å². The highest BCUT2D eigenvalue weighted by Gasteiger charge is 2.19. The van der Waals surface area contributed by atoms with Gasteiger partial charge in [0.05, 0.1) is 11.1 Å². The first-order chi connectivity index (χ1) is 20.3. The fourth-order valence-electron chi connectivity index (χ4n) is 5.64. The maximum atomic E-state index is 6.41. The van der Waals surface area contributed by atoms with Crippen molar-refractivity contribution < 1.29 is 4.42 Å². The molecule has 0 radical (unpaired) electrons. The van der Waals surface area contributed by atoms with Gasteiger partial charge in [-0.15, -0.1) is 0 Å². The average Bonchev–Trinajstić information content (AvgIpc) is 3.41. The van der Waals surface area contributed by atoms with Crippen molar-refractivity contribution in [3.05, 3.63) is 146 Å². The van der Waals surface area contributed by atoms with Crippen LogP contribution in [-0.4, -0.2) is 9.97 Å². The summed E-state index contributed by atoms with van der Waals surface area (Å²) in [6.07, 6.45) is 0. The zero-order valence-electron chi connectivity index (χ0n) is 22.2. The summed E-state index contributed by atoms with van der Waals surface area (Å²) in [4.78, 5) is 10.1. The summed E-state index contributed by atoms with van der Waals surface area (Å²) >= 11 is 0. The van der Waals surface area contributed by atoms with E-state index in [1.54, 1.807) is 0 Å². The molecule has 0 N–H and O–H groups in total. The van der Waals surface area contributed by atoms with E-state index in [0.29, 0.717) is 11.5 Å². The van der Waals surface area contributed by atoms with Crippen molar-refractivity contribution in [2.75, 3.05) is 0 Å². The third-order valence-electron chi connectivity index (χ3n) is 7.67. The van der Waals surface area contributed by atoms with Crippen molar-refractivity contribution in [1.29, 1.82) is 0 Å². The van der Waals surface area contributed by atoms with E-state index < -0.39 is 0 Å². The molecule has 0 aliphatic heterocycles. The van der Waals surface area contributed by atoms with E-state index in [4.69, 9.17) is 14.4 Å². The molecule has 41 heavy (non-hydrogen) atoms. The Morgan fingerprint density at radius 3 is 1.66 bits per heavy atom. The van der Waals surface area contributed by atoms with Crippen LogP contribution in [0.25, 0.3) is 77.7 Å². The molecule has 0 amide bonds. The number of furan rings is 1. The molecule has 0 bridgehead atoms. The molecular formula is C38H24N2O. The summed E-state index contributed by atoms with van der Waals surface area (Å²) in [7, 11) is 0. The van der Waals surface area contributed by atoms with Gasteiger partial charge in [0.15, 0.2) is 5.82 Å². The van der Waals surface area contributed by atoms with E-state index in [9.17, 15) is 0 Å². The van der Waals surface area contributed by atoms with Crippen LogP contribution in [0.4, 0.5) is 0 Å². The molecule has 0 unspecified atom stereocenters. The predicted octanol–water partition coefficient (Wildman–Crippen LogP) is 10.2. The number of hydrogen-bond acceptors (Lipinski definition) is 3. The van der Waals surface area contributed by atoms with Crippen LogP contribution in [-0.2, 0) is 0 Å². The second-order valence-electron chi connectivity index (χ2n) is 10.3. The van der Waals surface area contributed by atoms with Gasteiger partial charge < -0.3 is 4.42 Å². The Labute approximate surface area is 237 Å². The maximum Gasteiger partial charge on any atom is 0.231 e. The van der Waals surface area contributed by atoms with Crippen molar-refractivity contribution in [3.8, 4) is 44.9 Å². The quantitative estimate of drug-likeness (QED) is 0.230. The maximum absolute atomic E-state index is 6.41. The van der Waals surface area contributed by atoms with Crippen LogP contribution in [0, 0.1) is 0 Å². The fraction of sp³-hybridized carbons (Fsp3) is 0. The molecule has 0 saturated carbocycles. The number of rotatable bonds is 4. The standard InChI is InChI=1S/C38H24N2O/c1-3-11-25(12-4-1)27-17-9-18-28(21-27)29-19-10-20-32(22-29)36-35-33-23-30-15-7-8-16-31(30)24-34(33)41-38(35)40-37(39-36)26-13-5-2-6-14-26/h1-24H. The van der Waals surface area contributed by atoms with Crippen LogP contribution in [0.1, 0.15) is 0 Å². The molecule has 3 nitrogen and oxygen atoms in total. The largest absolute Gasteiger partial charge is 0.438 e. The Kier molecular flexibility index (Phi) is 5.46. The number of benzene rings is 6. The van der Waals surface area contributed by atoms with E-state index in [-0.39, 0.29) is 0 Å². The van der Waals surface area contributed by atoms with Gasteiger partial charge in [0.25, 0.3) is 0 Å². The first kappa shape index (κ1) is 23.4. The van der Waals surface area contributed by atoms with Crippen molar-refractivity contribution >= 4 is 32.8 Å². The summed E-state index contributed by atoms with van der Waals surface area (Å²) < 4.78 is 6.41. The zero-order chi connectivity index (χ0) is 27.2. The van der Waals surface area contributed by atoms with Gasteiger partial charge in [-0.25, -0.2) is 4.98 Å². The highest BCUT2D eigenvalue weighted by Crippen LogP contribution is 2.39. The van der Waals surface area contributed by atoms with Crippen molar-refractivity contribution in [1.82, 2.24) is 9.97 Å². The van der Waals surface area contributed by atoms with Crippen molar-refractivity contribution in [2.24, 2.45) is 0 Å². The second kappa shape index (κ2) is 9.58. The molecule has 6 aromatic carbocycles. The van der Waals surface area contributed by atoms with Gasteiger partial charge in [0.2, 0.25) is 5.71 Å². The number of fused-ring (bicyclic) bond motifs is 4. The highest BCUT2D eigenvalue weighted by molar-refractivity contribution is 6.14. The molecule has 0 saturated heterocycles. The molecule has 2 heterocycles. The lowest BCUT2D eigenvalue weighted by Gasteiger charge is -2.10. The molecule has 3 heteroatoms. The van der Waals surface area contributed by atoms with E-state index in [2.05, 4.69) is 103 Å². The molecule has 0 aliphatic carbocycles. The fourth-order valence-corrected chi connectivity index (χ4v) is 5.64. The first-order valence-electron chi connectivity index (χ1n) is 13.7. The van der Waals surface area contributed by atoms with E-state index >= 15 is 0 Å². The summed E-state index contributed by atoms with van der Waals surface area (Å²) in [6, 6.07) is 50.5. The summed E-state index contributed by atoms with van der Waals surface area (Å²) in [6.45, 7) is 0. The normalized spacial score (nSPS) is 11.4. The number of nitrogens with zero attached hydrogens (tertiary/aromatic N) is 2. The molecule has 0 fully saturated rings. The minimum Gasteiger partial charge on any atom is -0.438 e. The van der Waals surface area contributed by atoms with Gasteiger partial charge in [-0.2, -0.15) is 4.98 Å². The molecule has 192 valence electrons. The van der Waals surface area contributed by atoms with Crippen LogP contribution < -0.4 is 0 Å². The van der Waals surface area contributed by atoms with Gasteiger partial charge in [0, 0.05) is 16.5 Å². The van der Waals surface area contributed by atoms with Gasteiger partial charge in [-0.3, -0.25) is 0 Å². The third kappa shape index (κ3) is 4.16. The first-order valence-corrected chi connectivity index (χ1v) is 13.7. The van der Waals surface area contributed by atoms with Crippen LogP contribution in [0.15, 0.2) is 150 Å². The Bertz CT molecular complexity index is 2200.